The summed E-state index contributed by atoms with van der Waals surface area (Å²) in [7, 11) is 0. The molecule has 2 amide bonds. The van der Waals surface area contributed by atoms with E-state index in [2.05, 4.69) is 20.4 Å². The van der Waals surface area contributed by atoms with Crippen molar-refractivity contribution in [1.29, 1.82) is 0 Å². The number of imidazole rings is 1. The molecule has 2 aliphatic rings. The molecule has 0 saturated heterocycles. The van der Waals surface area contributed by atoms with Crippen LogP contribution in [0.25, 0.3) is 11.2 Å². The number of hydrazine groups is 1. The van der Waals surface area contributed by atoms with Gasteiger partial charge in [0.25, 0.3) is 11.8 Å². The van der Waals surface area contributed by atoms with Crippen molar-refractivity contribution in [3.8, 4) is 0 Å². The zero-order valence-corrected chi connectivity index (χ0v) is 17.2. The van der Waals surface area contributed by atoms with Crippen molar-refractivity contribution in [1.82, 2.24) is 25.4 Å². The van der Waals surface area contributed by atoms with Crippen LogP contribution < -0.4 is 10.9 Å². The molecule has 8 heteroatoms. The van der Waals surface area contributed by atoms with Crippen molar-refractivity contribution in [3.63, 3.8) is 0 Å². The molecule has 3 aromatic rings. The van der Waals surface area contributed by atoms with Gasteiger partial charge in [-0.05, 0) is 56.7 Å². The highest BCUT2D eigenvalue weighted by Crippen LogP contribution is 2.30. The SMILES string of the molecule is Cc1cc(C(=O)NNC(=O)c2cc3c(s2)CCC3)c2nc3n(c2n1)CCCCC3. The summed E-state index contributed by atoms with van der Waals surface area (Å²) in [6, 6.07) is 3.67. The Kier molecular flexibility index (Phi) is 4.58. The number of carbonyl (C=O) groups excluding carboxylic acids is 2. The molecule has 0 aromatic carbocycles. The molecule has 0 unspecified atom stereocenters. The molecule has 4 heterocycles. The Labute approximate surface area is 172 Å². The van der Waals surface area contributed by atoms with Gasteiger partial charge in [0.05, 0.1) is 10.4 Å². The third-order valence-corrected chi connectivity index (χ3v) is 6.93. The first-order valence-electron chi connectivity index (χ1n) is 10.2. The van der Waals surface area contributed by atoms with Gasteiger partial charge in [-0.1, -0.05) is 6.42 Å². The summed E-state index contributed by atoms with van der Waals surface area (Å²) in [5.74, 6) is 0.341. The van der Waals surface area contributed by atoms with Gasteiger partial charge >= 0.3 is 0 Å². The first kappa shape index (κ1) is 18.3. The number of hydrogen-bond donors (Lipinski definition) is 2. The summed E-state index contributed by atoms with van der Waals surface area (Å²) in [6.07, 6.45) is 7.51. The molecule has 1 aliphatic carbocycles. The van der Waals surface area contributed by atoms with Crippen LogP contribution in [0.1, 0.15) is 67.7 Å². The van der Waals surface area contributed by atoms with Crippen LogP contribution in [0.15, 0.2) is 12.1 Å². The fourth-order valence-electron chi connectivity index (χ4n) is 4.27. The van der Waals surface area contributed by atoms with Gasteiger partial charge in [-0.25, -0.2) is 9.97 Å². The van der Waals surface area contributed by atoms with Crippen LogP contribution >= 0.6 is 11.3 Å². The van der Waals surface area contributed by atoms with E-state index in [1.165, 1.54) is 28.2 Å². The first-order chi connectivity index (χ1) is 14.1. The Hall–Kier alpha value is -2.74. The van der Waals surface area contributed by atoms with Crippen molar-refractivity contribution in [2.45, 2.75) is 58.4 Å². The minimum absolute atomic E-state index is 0.277. The molecular formula is C21H23N5O2S. The molecule has 1 aliphatic heterocycles. The van der Waals surface area contributed by atoms with Crippen LogP contribution in [0.4, 0.5) is 0 Å². The number of hydrogen-bond acceptors (Lipinski definition) is 5. The lowest BCUT2D eigenvalue weighted by Gasteiger charge is -2.08. The van der Waals surface area contributed by atoms with Crippen LogP contribution in [-0.2, 0) is 25.8 Å². The van der Waals surface area contributed by atoms with E-state index in [0.717, 1.165) is 62.2 Å². The molecule has 5 rings (SSSR count). The normalized spacial score (nSPS) is 15.6. The highest BCUT2D eigenvalue weighted by molar-refractivity contribution is 7.14. The summed E-state index contributed by atoms with van der Waals surface area (Å²) in [5.41, 5.74) is 8.96. The molecule has 0 saturated carbocycles. The van der Waals surface area contributed by atoms with Crippen molar-refractivity contribution < 1.29 is 9.59 Å². The second-order valence-corrected chi connectivity index (χ2v) is 8.93. The molecule has 7 nitrogen and oxygen atoms in total. The average molecular weight is 410 g/mol. The van der Waals surface area contributed by atoms with Crippen molar-refractivity contribution >= 4 is 34.3 Å². The molecule has 0 spiro atoms. The molecule has 0 fully saturated rings. The maximum Gasteiger partial charge on any atom is 0.279 e. The van der Waals surface area contributed by atoms with E-state index < -0.39 is 0 Å². The van der Waals surface area contributed by atoms with Crippen LogP contribution in [0, 0.1) is 6.92 Å². The van der Waals surface area contributed by atoms with E-state index in [0.29, 0.717) is 16.0 Å². The second kappa shape index (κ2) is 7.26. The molecule has 3 aromatic heterocycles. The number of aryl methyl sites for hydroxylation is 5. The van der Waals surface area contributed by atoms with Crippen molar-refractivity contribution in [2.75, 3.05) is 0 Å². The van der Waals surface area contributed by atoms with E-state index in [-0.39, 0.29) is 11.8 Å². The predicted octanol–water partition coefficient (Wildman–Crippen LogP) is 3.09. The Morgan fingerprint density at radius 2 is 1.86 bits per heavy atom. The topological polar surface area (TPSA) is 88.9 Å². The third-order valence-electron chi connectivity index (χ3n) is 5.70. The van der Waals surface area contributed by atoms with Crippen LogP contribution in [-0.4, -0.2) is 26.3 Å². The van der Waals surface area contributed by atoms with E-state index in [9.17, 15) is 9.59 Å². The van der Waals surface area contributed by atoms with E-state index >= 15 is 0 Å². The summed E-state index contributed by atoms with van der Waals surface area (Å²) in [4.78, 5) is 36.6. The standard InChI is InChI=1S/C21H23N5O2S/c1-12-10-14(18-19(22-12)26-9-4-2-3-8-17(26)23-18)20(27)24-25-21(28)16-11-13-6-5-7-15(13)29-16/h10-11H,2-9H2,1H3,(H,24,27)(H,25,28). The highest BCUT2D eigenvalue weighted by Gasteiger charge is 2.22. The number of amides is 2. The van der Waals surface area contributed by atoms with Gasteiger partial charge in [-0.15, -0.1) is 11.3 Å². The van der Waals surface area contributed by atoms with Gasteiger partial charge in [0.15, 0.2) is 5.65 Å². The number of rotatable bonds is 2. The Morgan fingerprint density at radius 3 is 2.72 bits per heavy atom. The number of thiophene rings is 1. The first-order valence-corrected chi connectivity index (χ1v) is 11.0. The number of fused-ring (bicyclic) bond motifs is 4. The van der Waals surface area contributed by atoms with Gasteiger partial charge in [-0.2, -0.15) is 0 Å². The van der Waals surface area contributed by atoms with Gasteiger partial charge in [-0.3, -0.25) is 20.4 Å². The molecular weight excluding hydrogens is 386 g/mol. The quantitative estimate of drug-likeness (QED) is 0.637. The number of pyridine rings is 1. The van der Waals surface area contributed by atoms with Crippen molar-refractivity contribution in [2.24, 2.45) is 0 Å². The molecule has 150 valence electrons. The van der Waals surface area contributed by atoms with Crippen molar-refractivity contribution in [3.05, 3.63) is 44.5 Å². The Bertz CT molecular complexity index is 1110. The minimum atomic E-state index is -0.369. The van der Waals surface area contributed by atoms with Gasteiger partial charge in [0.2, 0.25) is 0 Å². The fraction of sp³-hybridized carbons (Fsp3) is 0.429. The van der Waals surface area contributed by atoms with Gasteiger partial charge < -0.3 is 4.57 Å². The van der Waals surface area contributed by atoms with Crippen LogP contribution in [0.3, 0.4) is 0 Å². The monoisotopic (exact) mass is 409 g/mol. The second-order valence-electron chi connectivity index (χ2n) is 7.79. The van der Waals surface area contributed by atoms with E-state index in [4.69, 9.17) is 4.98 Å². The lowest BCUT2D eigenvalue weighted by molar-refractivity contribution is 0.0849. The summed E-state index contributed by atoms with van der Waals surface area (Å²) >= 11 is 1.51. The lowest BCUT2D eigenvalue weighted by atomic mass is 10.2. The molecule has 2 N–H and O–H groups in total. The molecule has 0 radical (unpaired) electrons. The van der Waals surface area contributed by atoms with E-state index in [1.54, 1.807) is 6.07 Å². The number of nitrogens with zero attached hydrogens (tertiary/aromatic N) is 3. The van der Waals surface area contributed by atoms with Crippen LogP contribution in [0.5, 0.6) is 0 Å². The Morgan fingerprint density at radius 1 is 1.00 bits per heavy atom. The van der Waals surface area contributed by atoms with Gasteiger partial charge in [0, 0.05) is 23.5 Å². The molecule has 0 bridgehead atoms. The summed E-state index contributed by atoms with van der Waals surface area (Å²) in [6.45, 7) is 2.75. The fourth-order valence-corrected chi connectivity index (χ4v) is 5.42. The number of nitrogens with one attached hydrogen (secondary N) is 2. The summed E-state index contributed by atoms with van der Waals surface area (Å²) in [5, 5.41) is 0. The highest BCUT2D eigenvalue weighted by atomic mass is 32.1. The third kappa shape index (κ3) is 3.31. The number of carbonyl (C=O) groups is 2. The van der Waals surface area contributed by atoms with Crippen LogP contribution in [0.2, 0.25) is 0 Å². The smallest absolute Gasteiger partial charge is 0.279 e. The maximum absolute atomic E-state index is 12.9. The molecule has 29 heavy (non-hydrogen) atoms. The minimum Gasteiger partial charge on any atom is -0.313 e. The average Bonchev–Trinajstić information content (AvgIpc) is 3.34. The van der Waals surface area contributed by atoms with Gasteiger partial charge in [0.1, 0.15) is 11.3 Å². The zero-order chi connectivity index (χ0) is 20.0. The largest absolute Gasteiger partial charge is 0.313 e. The summed E-state index contributed by atoms with van der Waals surface area (Å²) < 4.78 is 2.14. The Balaban J connectivity index is 1.38. The maximum atomic E-state index is 12.9. The predicted molar refractivity (Wildman–Crippen MR) is 111 cm³/mol. The lowest BCUT2D eigenvalue weighted by Crippen LogP contribution is -2.41. The zero-order valence-electron chi connectivity index (χ0n) is 16.4. The molecule has 0 atom stereocenters. The van der Waals surface area contributed by atoms with E-state index in [1.807, 2.05) is 13.0 Å². The number of aromatic nitrogens is 3.